The van der Waals surface area contributed by atoms with Crippen LogP contribution in [0.15, 0.2) is 40.9 Å². The van der Waals surface area contributed by atoms with E-state index in [4.69, 9.17) is 9.26 Å². The van der Waals surface area contributed by atoms with Crippen LogP contribution in [0, 0.1) is 26.6 Å². The van der Waals surface area contributed by atoms with Crippen LogP contribution in [0.5, 0.6) is 0 Å². The summed E-state index contributed by atoms with van der Waals surface area (Å²) in [4.78, 5) is 36.4. The molecule has 0 radical (unpaired) electrons. The number of hydrogen-bond donors (Lipinski definition) is 1. The lowest BCUT2D eigenvalue weighted by molar-refractivity contribution is -0.139. The van der Waals surface area contributed by atoms with Crippen LogP contribution in [0.3, 0.4) is 0 Å². The highest BCUT2D eigenvalue weighted by Gasteiger charge is 2.18. The topological polar surface area (TPSA) is 103 Å². The van der Waals surface area contributed by atoms with Gasteiger partial charge in [-0.05, 0) is 44.5 Å². The second-order valence-electron chi connectivity index (χ2n) is 7.45. The minimum absolute atomic E-state index is 0.0273. The van der Waals surface area contributed by atoms with Gasteiger partial charge < -0.3 is 19.1 Å². The molecule has 0 aliphatic rings. The van der Waals surface area contributed by atoms with Crippen molar-refractivity contribution >= 4 is 35.2 Å². The molecule has 0 saturated heterocycles. The van der Waals surface area contributed by atoms with Crippen LogP contribution in [0.25, 0.3) is 0 Å². The van der Waals surface area contributed by atoms with E-state index in [9.17, 15) is 18.8 Å². The first-order chi connectivity index (χ1) is 15.7. The molecule has 0 bridgehead atoms. The first-order valence-electron chi connectivity index (χ1n) is 10.1. The summed E-state index contributed by atoms with van der Waals surface area (Å²) >= 11 is 1.07. The molecule has 10 heteroatoms. The van der Waals surface area contributed by atoms with Crippen molar-refractivity contribution in [3.63, 3.8) is 0 Å². The van der Waals surface area contributed by atoms with E-state index in [0.29, 0.717) is 23.7 Å². The number of nitrogens with zero attached hydrogens (tertiary/aromatic N) is 2. The number of esters is 1. The number of Topliss-reactive ketones (excluding diaryl/α,β-unsaturated/α-hetero) is 1. The highest BCUT2D eigenvalue weighted by atomic mass is 32.2. The third-order valence-electron chi connectivity index (χ3n) is 4.84. The van der Waals surface area contributed by atoms with Gasteiger partial charge in [0.2, 0.25) is 11.7 Å². The molecule has 0 atom stereocenters. The number of nitrogens with one attached hydrogen (secondary N) is 1. The number of rotatable bonds is 10. The summed E-state index contributed by atoms with van der Waals surface area (Å²) in [5.41, 5.74) is 2.99. The summed E-state index contributed by atoms with van der Waals surface area (Å²) in [6.45, 7) is 5.51. The number of anilines is 1. The van der Waals surface area contributed by atoms with E-state index in [1.54, 1.807) is 31.2 Å². The normalized spacial score (nSPS) is 10.8. The molecule has 33 heavy (non-hydrogen) atoms. The molecule has 0 aliphatic carbocycles. The number of carbonyl (C=O) groups excluding carboxylic acids is 3. The second kappa shape index (κ2) is 11.0. The summed E-state index contributed by atoms with van der Waals surface area (Å²) in [5, 5.41) is 6.21. The lowest BCUT2D eigenvalue weighted by atomic mass is 10.1. The zero-order valence-corrected chi connectivity index (χ0v) is 19.3. The fraction of sp³-hybridized carbons (Fsp3) is 0.304. The summed E-state index contributed by atoms with van der Waals surface area (Å²) in [6.07, 6.45) is 0. The summed E-state index contributed by atoms with van der Waals surface area (Å²) in [6, 6.07) is 9.51. The van der Waals surface area contributed by atoms with Crippen molar-refractivity contribution in [3.8, 4) is 0 Å². The minimum Gasteiger partial charge on any atom is -0.457 e. The van der Waals surface area contributed by atoms with Gasteiger partial charge in [-0.3, -0.25) is 14.4 Å². The third-order valence-corrected chi connectivity index (χ3v) is 5.75. The van der Waals surface area contributed by atoms with Crippen LogP contribution in [0.1, 0.15) is 33.1 Å². The lowest BCUT2D eigenvalue weighted by Crippen LogP contribution is -2.18. The zero-order chi connectivity index (χ0) is 24.0. The van der Waals surface area contributed by atoms with Crippen molar-refractivity contribution in [1.82, 2.24) is 9.72 Å². The standard InChI is InChI=1S/C23H24FN3O5S/c1-14-8-19(16(3)27(14)10-17-4-6-18(24)7-5-17)20(28)11-31-23(30)13-33-12-22(29)25-21-9-15(2)32-26-21/h4-9H,10-13H2,1-3H3,(H,25,26,29). The fourth-order valence-electron chi connectivity index (χ4n) is 3.20. The van der Waals surface area contributed by atoms with Crippen molar-refractivity contribution in [2.75, 3.05) is 23.4 Å². The number of halogens is 1. The predicted molar refractivity (Wildman–Crippen MR) is 122 cm³/mol. The molecule has 3 aromatic rings. The smallest absolute Gasteiger partial charge is 0.316 e. The molecule has 1 aromatic carbocycles. The van der Waals surface area contributed by atoms with Crippen LogP contribution in [-0.2, 0) is 20.9 Å². The van der Waals surface area contributed by atoms with Crippen molar-refractivity contribution in [3.05, 3.63) is 70.5 Å². The van der Waals surface area contributed by atoms with Crippen molar-refractivity contribution in [2.45, 2.75) is 27.3 Å². The molecular formula is C23H24FN3O5S. The Bertz CT molecular complexity index is 1150. The van der Waals surface area contributed by atoms with Gasteiger partial charge in [0.25, 0.3) is 0 Å². The number of aryl methyl sites for hydroxylation is 2. The van der Waals surface area contributed by atoms with Crippen LogP contribution in [0.4, 0.5) is 10.2 Å². The van der Waals surface area contributed by atoms with E-state index in [-0.39, 0.29) is 35.6 Å². The first-order valence-corrected chi connectivity index (χ1v) is 11.3. The fourth-order valence-corrected chi connectivity index (χ4v) is 3.81. The molecule has 2 heterocycles. The number of carbonyl (C=O) groups is 3. The SMILES string of the molecule is Cc1cc(NC(=O)CSCC(=O)OCC(=O)c2cc(C)n(Cc3ccc(F)cc3)c2C)no1. The Kier molecular flexibility index (Phi) is 8.05. The molecule has 3 rings (SSSR count). The zero-order valence-electron chi connectivity index (χ0n) is 18.5. The predicted octanol–water partition coefficient (Wildman–Crippen LogP) is 3.69. The van der Waals surface area contributed by atoms with E-state index >= 15 is 0 Å². The number of benzene rings is 1. The Morgan fingerprint density at radius 1 is 1.12 bits per heavy atom. The number of thioether (sulfide) groups is 1. The molecule has 0 aliphatic heterocycles. The number of ether oxygens (including phenoxy) is 1. The maximum absolute atomic E-state index is 13.1. The van der Waals surface area contributed by atoms with E-state index in [1.165, 1.54) is 12.1 Å². The highest BCUT2D eigenvalue weighted by molar-refractivity contribution is 8.00. The largest absolute Gasteiger partial charge is 0.457 e. The Labute approximate surface area is 194 Å². The van der Waals surface area contributed by atoms with Gasteiger partial charge in [-0.1, -0.05) is 17.3 Å². The summed E-state index contributed by atoms with van der Waals surface area (Å²) < 4.78 is 25.0. The molecule has 0 saturated carbocycles. The van der Waals surface area contributed by atoms with Gasteiger partial charge in [0.1, 0.15) is 11.6 Å². The molecule has 0 spiro atoms. The molecule has 0 fully saturated rings. The van der Waals surface area contributed by atoms with Crippen molar-refractivity contribution in [1.29, 1.82) is 0 Å². The van der Waals surface area contributed by atoms with E-state index in [0.717, 1.165) is 28.7 Å². The number of hydrogen-bond acceptors (Lipinski definition) is 7. The van der Waals surface area contributed by atoms with Gasteiger partial charge in [-0.2, -0.15) is 0 Å². The van der Waals surface area contributed by atoms with Crippen molar-refractivity contribution < 1.29 is 28.0 Å². The summed E-state index contributed by atoms with van der Waals surface area (Å²) in [7, 11) is 0. The average Bonchev–Trinajstić information content (AvgIpc) is 3.30. The maximum Gasteiger partial charge on any atom is 0.316 e. The first kappa shape index (κ1) is 24.2. The molecule has 8 nitrogen and oxygen atoms in total. The Balaban J connectivity index is 1.45. The monoisotopic (exact) mass is 473 g/mol. The van der Waals surface area contributed by atoms with Gasteiger partial charge in [0.15, 0.2) is 12.4 Å². The van der Waals surface area contributed by atoms with E-state index in [1.807, 2.05) is 18.4 Å². The molecular weight excluding hydrogens is 449 g/mol. The minimum atomic E-state index is -0.585. The number of amides is 1. The van der Waals surface area contributed by atoms with Gasteiger partial charge in [0, 0.05) is 29.6 Å². The van der Waals surface area contributed by atoms with Crippen LogP contribution in [0.2, 0.25) is 0 Å². The Morgan fingerprint density at radius 2 is 1.85 bits per heavy atom. The van der Waals surface area contributed by atoms with Crippen LogP contribution < -0.4 is 5.32 Å². The molecule has 2 aromatic heterocycles. The van der Waals surface area contributed by atoms with Crippen molar-refractivity contribution in [2.24, 2.45) is 0 Å². The quantitative estimate of drug-likeness (QED) is 0.354. The molecule has 1 N–H and O–H groups in total. The van der Waals surface area contributed by atoms with Gasteiger partial charge in [-0.25, -0.2) is 4.39 Å². The van der Waals surface area contributed by atoms with Crippen LogP contribution in [-0.4, -0.2) is 45.5 Å². The van der Waals surface area contributed by atoms with Crippen LogP contribution >= 0.6 is 11.8 Å². The molecule has 174 valence electrons. The summed E-state index contributed by atoms with van der Waals surface area (Å²) in [5.74, 6) is -0.691. The van der Waals surface area contributed by atoms with Gasteiger partial charge >= 0.3 is 5.97 Å². The number of aromatic nitrogens is 2. The van der Waals surface area contributed by atoms with Gasteiger partial charge in [0.05, 0.1) is 11.5 Å². The molecule has 0 unspecified atom stereocenters. The average molecular weight is 474 g/mol. The number of ketones is 1. The van der Waals surface area contributed by atoms with E-state index in [2.05, 4.69) is 10.5 Å². The Morgan fingerprint density at radius 3 is 2.52 bits per heavy atom. The second-order valence-corrected chi connectivity index (χ2v) is 8.43. The van der Waals surface area contributed by atoms with Gasteiger partial charge in [-0.15, -0.1) is 11.8 Å². The molecule has 1 amide bonds. The lowest BCUT2D eigenvalue weighted by Gasteiger charge is -2.10. The maximum atomic E-state index is 13.1. The Hall–Kier alpha value is -3.40. The van der Waals surface area contributed by atoms with E-state index < -0.39 is 5.97 Å². The third kappa shape index (κ3) is 6.79. The highest BCUT2D eigenvalue weighted by Crippen LogP contribution is 2.18.